The highest BCUT2D eigenvalue weighted by molar-refractivity contribution is 7.93. The van der Waals surface area contributed by atoms with Crippen molar-refractivity contribution in [3.8, 4) is 11.5 Å². The maximum atomic E-state index is 12.9. The van der Waals surface area contributed by atoms with Gasteiger partial charge >= 0.3 is 0 Å². The van der Waals surface area contributed by atoms with E-state index in [1.807, 2.05) is 0 Å². The first-order valence-electron chi connectivity index (χ1n) is 9.08. The lowest BCUT2D eigenvalue weighted by Gasteiger charge is -2.48. The molecule has 150 valence electrons. The number of likely N-dealkylation sites (tertiary alicyclic amines) is 1. The normalized spacial score (nSPS) is 22.0. The van der Waals surface area contributed by atoms with Crippen LogP contribution in [-0.4, -0.2) is 62.9 Å². The van der Waals surface area contributed by atoms with Crippen LogP contribution in [0.4, 0.5) is 0 Å². The quantitative estimate of drug-likeness (QED) is 0.619. The van der Waals surface area contributed by atoms with Gasteiger partial charge in [-0.05, 0) is 25.5 Å². The van der Waals surface area contributed by atoms with E-state index in [1.165, 1.54) is 11.3 Å². The van der Waals surface area contributed by atoms with E-state index in [0.29, 0.717) is 23.6 Å². The molecule has 2 fully saturated rings. The highest BCUT2D eigenvalue weighted by Crippen LogP contribution is 2.50. The van der Waals surface area contributed by atoms with Crippen LogP contribution in [0.3, 0.4) is 0 Å². The molecule has 2 aliphatic rings. The van der Waals surface area contributed by atoms with Crippen molar-refractivity contribution in [2.24, 2.45) is 0 Å². The number of amides is 1. The summed E-state index contributed by atoms with van der Waals surface area (Å²) in [6.07, 6.45) is 3.19. The van der Waals surface area contributed by atoms with Crippen molar-refractivity contribution in [1.29, 1.82) is 0 Å². The first-order chi connectivity index (χ1) is 13.9. The third kappa shape index (κ3) is 2.60. The maximum absolute atomic E-state index is 12.9. The fourth-order valence-corrected chi connectivity index (χ4v) is 6.40. The van der Waals surface area contributed by atoms with Crippen LogP contribution in [0, 0.1) is 6.92 Å². The molecule has 11 heteroatoms. The Morgan fingerprint density at radius 2 is 2.10 bits per heavy atom. The number of oxazole rings is 1. The van der Waals surface area contributed by atoms with Crippen molar-refractivity contribution in [2.75, 3.05) is 18.8 Å². The highest BCUT2D eigenvalue weighted by atomic mass is 32.2. The van der Waals surface area contributed by atoms with Crippen LogP contribution < -0.4 is 0 Å². The SMILES string of the molecule is Cc1ncoc1C(=O)N1CC2(C1)C(c1nc(-c3ccccn3)no1)CCS2(=O)=O. The summed E-state index contributed by atoms with van der Waals surface area (Å²) < 4.78 is 35.2. The van der Waals surface area contributed by atoms with Gasteiger partial charge in [0, 0.05) is 19.3 Å². The van der Waals surface area contributed by atoms with Gasteiger partial charge in [-0.1, -0.05) is 11.2 Å². The molecule has 3 aromatic heterocycles. The number of aromatic nitrogens is 4. The standard InChI is InChI=1S/C18H17N5O5S/c1-11-14(27-10-20-11)17(24)23-8-18(9-23)12(5-7-29(18,25)26)16-21-15(22-28-16)13-4-2-3-6-19-13/h2-4,6,10,12H,5,7-9H2,1H3. The van der Waals surface area contributed by atoms with Gasteiger partial charge in [0.05, 0.1) is 17.4 Å². The second-order valence-electron chi connectivity index (χ2n) is 7.32. The molecule has 0 saturated carbocycles. The Hall–Kier alpha value is -3.08. The Balaban J connectivity index is 1.43. The second kappa shape index (κ2) is 6.21. The van der Waals surface area contributed by atoms with E-state index in [1.54, 1.807) is 31.3 Å². The zero-order valence-corrected chi connectivity index (χ0v) is 16.3. The van der Waals surface area contributed by atoms with E-state index in [0.717, 1.165) is 0 Å². The van der Waals surface area contributed by atoms with Crippen LogP contribution in [0.2, 0.25) is 0 Å². The maximum Gasteiger partial charge on any atom is 0.291 e. The molecule has 1 amide bonds. The van der Waals surface area contributed by atoms with Crippen molar-refractivity contribution in [2.45, 2.75) is 24.0 Å². The average molecular weight is 415 g/mol. The monoisotopic (exact) mass is 415 g/mol. The first-order valence-corrected chi connectivity index (χ1v) is 10.7. The van der Waals surface area contributed by atoms with Crippen LogP contribution in [0.15, 0.2) is 39.7 Å². The lowest BCUT2D eigenvalue weighted by molar-refractivity contribution is 0.0471. The topological polar surface area (TPSA) is 132 Å². The summed E-state index contributed by atoms with van der Waals surface area (Å²) >= 11 is 0. The van der Waals surface area contributed by atoms with Crippen molar-refractivity contribution < 1.29 is 22.2 Å². The van der Waals surface area contributed by atoms with Gasteiger partial charge in [0.25, 0.3) is 5.91 Å². The molecule has 0 bridgehead atoms. The number of hydrogen-bond donors (Lipinski definition) is 0. The number of carbonyl (C=O) groups excluding carboxylic acids is 1. The van der Waals surface area contributed by atoms with Crippen molar-refractivity contribution in [3.05, 3.63) is 48.1 Å². The van der Waals surface area contributed by atoms with Gasteiger partial charge in [-0.3, -0.25) is 9.78 Å². The summed E-state index contributed by atoms with van der Waals surface area (Å²) in [4.78, 5) is 26.6. The van der Waals surface area contributed by atoms with Gasteiger partial charge in [0.1, 0.15) is 10.4 Å². The van der Waals surface area contributed by atoms with E-state index < -0.39 is 20.5 Å². The van der Waals surface area contributed by atoms with Crippen molar-refractivity contribution >= 4 is 15.7 Å². The molecule has 0 aromatic carbocycles. The van der Waals surface area contributed by atoms with Crippen LogP contribution in [-0.2, 0) is 9.84 Å². The van der Waals surface area contributed by atoms with Gasteiger partial charge in [0.15, 0.2) is 16.2 Å². The van der Waals surface area contributed by atoms with Crippen LogP contribution in [0.25, 0.3) is 11.5 Å². The summed E-state index contributed by atoms with van der Waals surface area (Å²) in [6.45, 7) is 1.78. The highest BCUT2D eigenvalue weighted by Gasteiger charge is 2.64. The first kappa shape index (κ1) is 18.0. The molecular formula is C18H17N5O5S. The van der Waals surface area contributed by atoms with Gasteiger partial charge < -0.3 is 13.8 Å². The molecule has 10 nitrogen and oxygen atoms in total. The molecular weight excluding hydrogens is 398 g/mol. The fourth-order valence-electron chi connectivity index (χ4n) is 4.09. The number of rotatable bonds is 3. The van der Waals surface area contributed by atoms with Crippen LogP contribution >= 0.6 is 0 Å². The molecule has 3 aromatic rings. The van der Waals surface area contributed by atoms with Crippen LogP contribution in [0.5, 0.6) is 0 Å². The van der Waals surface area contributed by atoms with Gasteiger partial charge in [-0.25, -0.2) is 13.4 Å². The smallest absolute Gasteiger partial charge is 0.291 e. The van der Waals surface area contributed by atoms with Crippen molar-refractivity contribution in [3.63, 3.8) is 0 Å². The number of sulfone groups is 1. The lowest BCUT2D eigenvalue weighted by atomic mass is 9.83. The second-order valence-corrected chi connectivity index (χ2v) is 9.78. The number of carbonyl (C=O) groups is 1. The largest absolute Gasteiger partial charge is 0.438 e. The molecule has 0 radical (unpaired) electrons. The van der Waals surface area contributed by atoms with Crippen LogP contribution in [0.1, 0.15) is 34.5 Å². The van der Waals surface area contributed by atoms with E-state index in [4.69, 9.17) is 8.94 Å². The summed E-state index contributed by atoms with van der Waals surface area (Å²) in [7, 11) is -3.43. The molecule has 0 N–H and O–H groups in total. The minimum atomic E-state index is -3.43. The summed E-state index contributed by atoms with van der Waals surface area (Å²) in [6, 6.07) is 5.33. The van der Waals surface area contributed by atoms with Gasteiger partial charge in [-0.15, -0.1) is 0 Å². The van der Waals surface area contributed by atoms with E-state index in [9.17, 15) is 13.2 Å². The third-order valence-corrected chi connectivity index (χ3v) is 8.26. The fraction of sp³-hybridized carbons (Fsp3) is 0.389. The predicted octanol–water partition coefficient (Wildman–Crippen LogP) is 1.22. The average Bonchev–Trinajstić information content (AvgIpc) is 3.37. The molecule has 1 unspecified atom stereocenters. The molecule has 2 aliphatic heterocycles. The minimum Gasteiger partial charge on any atom is -0.438 e. The number of hydrogen-bond acceptors (Lipinski definition) is 9. The molecule has 2 saturated heterocycles. The molecule has 1 atom stereocenters. The Kier molecular flexibility index (Phi) is 3.85. The van der Waals surface area contributed by atoms with E-state index in [2.05, 4.69) is 20.1 Å². The zero-order chi connectivity index (χ0) is 20.2. The summed E-state index contributed by atoms with van der Waals surface area (Å²) in [5.41, 5.74) is 1.02. The molecule has 1 spiro atoms. The summed E-state index contributed by atoms with van der Waals surface area (Å²) in [5, 5.41) is 3.96. The lowest BCUT2D eigenvalue weighted by Crippen LogP contribution is -2.67. The molecule has 5 heterocycles. The molecule has 29 heavy (non-hydrogen) atoms. The number of pyridine rings is 1. The Bertz CT molecular complexity index is 1180. The van der Waals surface area contributed by atoms with Gasteiger partial charge in [-0.2, -0.15) is 4.98 Å². The van der Waals surface area contributed by atoms with Crippen molar-refractivity contribution in [1.82, 2.24) is 25.0 Å². The Morgan fingerprint density at radius 3 is 2.79 bits per heavy atom. The predicted molar refractivity (Wildman–Crippen MR) is 98.5 cm³/mol. The Labute approximate surface area is 165 Å². The zero-order valence-electron chi connectivity index (χ0n) is 15.5. The summed E-state index contributed by atoms with van der Waals surface area (Å²) in [5.74, 6) is -0.132. The third-order valence-electron chi connectivity index (χ3n) is 5.71. The van der Waals surface area contributed by atoms with E-state index in [-0.39, 0.29) is 36.4 Å². The number of nitrogens with zero attached hydrogens (tertiary/aromatic N) is 5. The minimum absolute atomic E-state index is 0.0162. The molecule has 0 aliphatic carbocycles. The Morgan fingerprint density at radius 1 is 1.28 bits per heavy atom. The van der Waals surface area contributed by atoms with E-state index >= 15 is 0 Å². The molecule has 5 rings (SSSR count). The van der Waals surface area contributed by atoms with Gasteiger partial charge in [0.2, 0.25) is 17.5 Å². The number of aryl methyl sites for hydroxylation is 1.